The summed E-state index contributed by atoms with van der Waals surface area (Å²) < 4.78 is 1.19. The molecule has 0 saturated heterocycles. The van der Waals surface area contributed by atoms with Gasteiger partial charge in [-0.15, -0.1) is 11.3 Å². The third-order valence-electron chi connectivity index (χ3n) is 2.55. The van der Waals surface area contributed by atoms with E-state index in [1.807, 2.05) is 11.3 Å². The minimum Gasteiger partial charge on any atom is -0.314 e. The topological polar surface area (TPSA) is 15.3 Å². The van der Waals surface area contributed by atoms with Crippen LogP contribution in [0.15, 0.2) is 15.9 Å². The van der Waals surface area contributed by atoms with Crippen LogP contribution in [0.3, 0.4) is 0 Å². The number of hydrogen-bond acceptors (Lipinski definition) is 3. The van der Waals surface area contributed by atoms with Gasteiger partial charge in [0.2, 0.25) is 0 Å². The minimum atomic E-state index is 0.580. The summed E-state index contributed by atoms with van der Waals surface area (Å²) in [5.41, 5.74) is 0. The van der Waals surface area contributed by atoms with Crippen LogP contribution in [-0.2, 0) is 6.54 Å². The Bertz CT molecular complexity index is 325. The molecule has 1 heterocycles. The Balaban J connectivity index is 2.26. The Morgan fingerprint density at radius 1 is 1.41 bits per heavy atom. The molecule has 0 amide bonds. The number of rotatable bonds is 7. The molecular weight excluding hydrogens is 296 g/mol. The summed E-state index contributed by atoms with van der Waals surface area (Å²) >= 11 is 5.31. The van der Waals surface area contributed by atoms with Crippen molar-refractivity contribution in [2.24, 2.45) is 5.92 Å². The van der Waals surface area contributed by atoms with E-state index in [1.54, 1.807) is 0 Å². The molecule has 0 saturated carbocycles. The summed E-state index contributed by atoms with van der Waals surface area (Å²) in [6.07, 6.45) is 0. The second kappa shape index (κ2) is 7.52. The molecule has 0 aromatic carbocycles. The fraction of sp³-hybridized carbons (Fsp3) is 0.692. The first kappa shape index (κ1) is 15.2. The zero-order valence-electron chi connectivity index (χ0n) is 11.2. The van der Waals surface area contributed by atoms with Crippen LogP contribution in [0.5, 0.6) is 0 Å². The summed E-state index contributed by atoms with van der Waals surface area (Å²) in [6, 6.07) is 2.79. The predicted octanol–water partition coefficient (Wildman–Crippen LogP) is 3.58. The van der Waals surface area contributed by atoms with Crippen molar-refractivity contribution in [1.29, 1.82) is 0 Å². The summed E-state index contributed by atoms with van der Waals surface area (Å²) in [6.45, 7) is 9.96. The normalized spacial score (nSPS) is 13.6. The molecule has 1 aromatic heterocycles. The predicted molar refractivity (Wildman–Crippen MR) is 80.7 cm³/mol. The first-order chi connectivity index (χ1) is 7.97. The molecule has 1 aromatic rings. The average Bonchev–Trinajstić information content (AvgIpc) is 2.60. The molecular formula is C13H23BrN2S. The van der Waals surface area contributed by atoms with Gasteiger partial charge in [0, 0.05) is 33.9 Å². The van der Waals surface area contributed by atoms with Crippen LogP contribution in [0, 0.1) is 5.92 Å². The van der Waals surface area contributed by atoms with E-state index in [1.165, 1.54) is 9.35 Å². The van der Waals surface area contributed by atoms with Gasteiger partial charge >= 0.3 is 0 Å². The zero-order valence-corrected chi connectivity index (χ0v) is 13.6. The van der Waals surface area contributed by atoms with Crippen LogP contribution >= 0.6 is 27.3 Å². The van der Waals surface area contributed by atoms with E-state index in [-0.39, 0.29) is 0 Å². The van der Waals surface area contributed by atoms with Gasteiger partial charge in [0.1, 0.15) is 0 Å². The molecule has 0 aliphatic rings. The van der Waals surface area contributed by atoms with E-state index in [0.717, 1.165) is 19.6 Å². The Kier molecular flexibility index (Phi) is 6.70. The lowest BCUT2D eigenvalue weighted by atomic mass is 10.1. The van der Waals surface area contributed by atoms with Crippen molar-refractivity contribution in [2.45, 2.75) is 33.4 Å². The first-order valence-electron chi connectivity index (χ1n) is 6.12. The lowest BCUT2D eigenvalue weighted by Gasteiger charge is -2.21. The highest BCUT2D eigenvalue weighted by atomic mass is 79.9. The van der Waals surface area contributed by atoms with Gasteiger partial charge in [0.15, 0.2) is 0 Å². The van der Waals surface area contributed by atoms with Crippen molar-refractivity contribution in [3.63, 3.8) is 0 Å². The molecule has 98 valence electrons. The van der Waals surface area contributed by atoms with Crippen molar-refractivity contribution >= 4 is 27.3 Å². The maximum atomic E-state index is 3.50. The first-order valence-corrected chi connectivity index (χ1v) is 7.79. The van der Waals surface area contributed by atoms with Gasteiger partial charge < -0.3 is 10.2 Å². The van der Waals surface area contributed by atoms with Crippen LogP contribution < -0.4 is 5.32 Å². The van der Waals surface area contributed by atoms with Gasteiger partial charge in [-0.3, -0.25) is 0 Å². The molecule has 4 heteroatoms. The highest BCUT2D eigenvalue weighted by Crippen LogP contribution is 2.20. The van der Waals surface area contributed by atoms with Crippen molar-refractivity contribution in [3.8, 4) is 0 Å². The van der Waals surface area contributed by atoms with Crippen LogP contribution in [-0.4, -0.2) is 31.1 Å². The van der Waals surface area contributed by atoms with Gasteiger partial charge in [-0.25, -0.2) is 0 Å². The Morgan fingerprint density at radius 2 is 2.12 bits per heavy atom. The summed E-state index contributed by atoms with van der Waals surface area (Å²) in [5.74, 6) is 0.686. The van der Waals surface area contributed by atoms with Crippen LogP contribution in [0.25, 0.3) is 0 Å². The summed E-state index contributed by atoms with van der Waals surface area (Å²) in [4.78, 5) is 3.81. The quantitative estimate of drug-likeness (QED) is 0.826. The maximum absolute atomic E-state index is 3.50. The highest BCUT2D eigenvalue weighted by molar-refractivity contribution is 9.10. The van der Waals surface area contributed by atoms with Gasteiger partial charge in [0.25, 0.3) is 0 Å². The van der Waals surface area contributed by atoms with E-state index in [9.17, 15) is 0 Å². The van der Waals surface area contributed by atoms with E-state index in [4.69, 9.17) is 0 Å². The largest absolute Gasteiger partial charge is 0.314 e. The van der Waals surface area contributed by atoms with Gasteiger partial charge in [-0.1, -0.05) is 20.8 Å². The van der Waals surface area contributed by atoms with E-state index >= 15 is 0 Å². The average molecular weight is 319 g/mol. The second-order valence-corrected chi connectivity index (χ2v) is 7.01. The maximum Gasteiger partial charge on any atom is 0.0325 e. The molecule has 17 heavy (non-hydrogen) atoms. The number of thiophene rings is 1. The molecule has 1 rings (SSSR count). The number of hydrogen-bond donors (Lipinski definition) is 1. The molecule has 0 aliphatic carbocycles. The minimum absolute atomic E-state index is 0.580. The van der Waals surface area contributed by atoms with Gasteiger partial charge in [-0.2, -0.15) is 0 Å². The van der Waals surface area contributed by atoms with E-state index < -0.39 is 0 Å². The molecule has 1 unspecified atom stereocenters. The van der Waals surface area contributed by atoms with E-state index in [0.29, 0.717) is 12.0 Å². The molecule has 0 bridgehead atoms. The molecule has 1 atom stereocenters. The lowest BCUT2D eigenvalue weighted by molar-refractivity contribution is 0.273. The highest BCUT2D eigenvalue weighted by Gasteiger charge is 2.08. The molecule has 0 radical (unpaired) electrons. The Hall–Kier alpha value is 0.1000. The van der Waals surface area contributed by atoms with Gasteiger partial charge in [0.05, 0.1) is 0 Å². The summed E-state index contributed by atoms with van der Waals surface area (Å²) in [5, 5.41) is 5.63. The SMILES string of the molecule is CC(CNC(C)C)CN(C)Cc1cc(Br)cs1. The molecule has 0 fully saturated rings. The number of nitrogens with zero attached hydrogens (tertiary/aromatic N) is 1. The van der Waals surface area contributed by atoms with Gasteiger partial charge in [-0.05, 0) is 41.5 Å². The zero-order chi connectivity index (χ0) is 12.8. The fourth-order valence-electron chi connectivity index (χ4n) is 1.80. The molecule has 2 nitrogen and oxygen atoms in total. The fourth-order valence-corrected chi connectivity index (χ4v) is 3.33. The Labute approximate surface area is 118 Å². The van der Waals surface area contributed by atoms with Crippen LogP contribution in [0.4, 0.5) is 0 Å². The standard InChI is InChI=1S/C13H23BrN2S/c1-10(2)15-6-11(3)7-16(4)8-13-5-12(14)9-17-13/h5,9-11,15H,6-8H2,1-4H3. The lowest BCUT2D eigenvalue weighted by Crippen LogP contribution is -2.33. The van der Waals surface area contributed by atoms with Crippen LogP contribution in [0.2, 0.25) is 0 Å². The molecule has 1 N–H and O–H groups in total. The molecule has 0 aliphatic heterocycles. The van der Waals surface area contributed by atoms with Crippen LogP contribution in [0.1, 0.15) is 25.6 Å². The van der Waals surface area contributed by atoms with E-state index in [2.05, 4.69) is 65.4 Å². The van der Waals surface area contributed by atoms with Crippen molar-refractivity contribution in [2.75, 3.05) is 20.1 Å². The van der Waals surface area contributed by atoms with Crippen molar-refractivity contribution in [3.05, 3.63) is 20.8 Å². The second-order valence-electron chi connectivity index (χ2n) is 5.10. The van der Waals surface area contributed by atoms with Crippen molar-refractivity contribution in [1.82, 2.24) is 10.2 Å². The smallest absolute Gasteiger partial charge is 0.0325 e. The summed E-state index contributed by atoms with van der Waals surface area (Å²) in [7, 11) is 2.19. The van der Waals surface area contributed by atoms with Crippen molar-refractivity contribution < 1.29 is 0 Å². The Morgan fingerprint density at radius 3 is 2.65 bits per heavy atom. The number of halogens is 1. The molecule has 0 spiro atoms. The number of nitrogens with one attached hydrogen (secondary N) is 1. The monoisotopic (exact) mass is 318 g/mol. The third kappa shape index (κ3) is 6.55. The third-order valence-corrected chi connectivity index (χ3v) is 4.23.